The van der Waals surface area contributed by atoms with Crippen LogP contribution in [0.5, 0.6) is 5.75 Å². The van der Waals surface area contributed by atoms with Gasteiger partial charge in [-0.3, -0.25) is 0 Å². The summed E-state index contributed by atoms with van der Waals surface area (Å²) < 4.78 is 45.4. The summed E-state index contributed by atoms with van der Waals surface area (Å²) >= 11 is 0. The molecule has 0 aromatic heterocycles. The van der Waals surface area contributed by atoms with Crippen LogP contribution in [0.1, 0.15) is 16.7 Å². The first-order chi connectivity index (χ1) is 8.83. The van der Waals surface area contributed by atoms with Crippen LogP contribution < -0.4 is 10.1 Å². The number of nitrogens with one attached hydrogen (secondary N) is 1. The van der Waals surface area contributed by atoms with Gasteiger partial charge in [-0.05, 0) is 37.6 Å². The Kier molecular flexibility index (Phi) is 5.62. The van der Waals surface area contributed by atoms with Crippen LogP contribution in [-0.4, -0.2) is 26.6 Å². The van der Waals surface area contributed by atoms with Crippen molar-refractivity contribution in [2.24, 2.45) is 0 Å². The standard InChI is InChI=1S/C13H18F3NO2/c1-9-4-11(6-17-3)5-10(2)12(9)19-8-18-7-13(14,15)16/h4-5,17H,6-8H2,1-3H3. The summed E-state index contributed by atoms with van der Waals surface area (Å²) in [4.78, 5) is 0. The second-order valence-electron chi connectivity index (χ2n) is 4.31. The molecule has 0 radical (unpaired) electrons. The van der Waals surface area contributed by atoms with E-state index in [0.717, 1.165) is 23.2 Å². The van der Waals surface area contributed by atoms with Gasteiger partial charge in [0.25, 0.3) is 0 Å². The van der Waals surface area contributed by atoms with Crippen LogP contribution in [0.3, 0.4) is 0 Å². The highest BCUT2D eigenvalue weighted by atomic mass is 19.4. The van der Waals surface area contributed by atoms with Crippen LogP contribution in [0.15, 0.2) is 12.1 Å². The zero-order valence-electron chi connectivity index (χ0n) is 11.2. The molecule has 0 heterocycles. The first-order valence-corrected chi connectivity index (χ1v) is 5.85. The van der Waals surface area contributed by atoms with Crippen LogP contribution >= 0.6 is 0 Å². The van der Waals surface area contributed by atoms with Gasteiger partial charge >= 0.3 is 6.18 Å². The molecule has 0 aliphatic carbocycles. The summed E-state index contributed by atoms with van der Waals surface area (Å²) in [5, 5.41) is 3.04. The van der Waals surface area contributed by atoms with Crippen molar-refractivity contribution in [3.8, 4) is 5.75 Å². The van der Waals surface area contributed by atoms with Gasteiger partial charge in [0.2, 0.25) is 0 Å². The zero-order valence-corrected chi connectivity index (χ0v) is 11.2. The topological polar surface area (TPSA) is 30.5 Å². The SMILES string of the molecule is CNCc1cc(C)c(OCOCC(F)(F)F)c(C)c1. The highest BCUT2D eigenvalue weighted by Gasteiger charge is 2.27. The molecular formula is C13H18F3NO2. The molecule has 0 unspecified atom stereocenters. The average Bonchev–Trinajstić information content (AvgIpc) is 2.26. The van der Waals surface area contributed by atoms with E-state index in [1.165, 1.54) is 0 Å². The van der Waals surface area contributed by atoms with Gasteiger partial charge < -0.3 is 14.8 Å². The van der Waals surface area contributed by atoms with E-state index >= 15 is 0 Å². The molecule has 0 aliphatic heterocycles. The van der Waals surface area contributed by atoms with Crippen LogP contribution in [0.2, 0.25) is 0 Å². The number of alkyl halides is 3. The number of hydrogen-bond donors (Lipinski definition) is 1. The minimum absolute atomic E-state index is 0.410. The van der Waals surface area contributed by atoms with E-state index < -0.39 is 19.6 Å². The van der Waals surface area contributed by atoms with Gasteiger partial charge in [0.1, 0.15) is 12.4 Å². The van der Waals surface area contributed by atoms with Gasteiger partial charge in [-0.1, -0.05) is 12.1 Å². The Morgan fingerprint density at radius 2 is 1.74 bits per heavy atom. The molecule has 19 heavy (non-hydrogen) atoms. The van der Waals surface area contributed by atoms with Crippen molar-refractivity contribution >= 4 is 0 Å². The number of rotatable bonds is 6. The monoisotopic (exact) mass is 277 g/mol. The van der Waals surface area contributed by atoms with Crippen molar-refractivity contribution in [1.29, 1.82) is 0 Å². The lowest BCUT2D eigenvalue weighted by Crippen LogP contribution is -2.19. The summed E-state index contributed by atoms with van der Waals surface area (Å²) in [6.07, 6.45) is -4.33. The molecule has 1 aromatic carbocycles. The van der Waals surface area contributed by atoms with E-state index in [4.69, 9.17) is 4.74 Å². The maximum absolute atomic E-state index is 11.9. The van der Waals surface area contributed by atoms with Gasteiger partial charge in [0.05, 0.1) is 0 Å². The quantitative estimate of drug-likeness (QED) is 0.640. The Balaban J connectivity index is 2.59. The second-order valence-corrected chi connectivity index (χ2v) is 4.31. The van der Waals surface area contributed by atoms with Crippen molar-refractivity contribution in [2.45, 2.75) is 26.6 Å². The molecule has 0 amide bonds. The Hall–Kier alpha value is -1.27. The normalized spacial score (nSPS) is 11.7. The van der Waals surface area contributed by atoms with Crippen molar-refractivity contribution < 1.29 is 22.6 Å². The Bertz CT molecular complexity index is 396. The lowest BCUT2D eigenvalue weighted by Gasteiger charge is -2.14. The van der Waals surface area contributed by atoms with Gasteiger partial charge in [0.15, 0.2) is 6.79 Å². The van der Waals surface area contributed by atoms with Crippen LogP contribution in [0.25, 0.3) is 0 Å². The minimum atomic E-state index is -4.33. The average molecular weight is 277 g/mol. The Morgan fingerprint density at radius 1 is 1.16 bits per heavy atom. The van der Waals surface area contributed by atoms with Crippen LogP contribution in [0.4, 0.5) is 13.2 Å². The Morgan fingerprint density at radius 3 is 2.21 bits per heavy atom. The molecule has 1 aromatic rings. The molecule has 1 N–H and O–H groups in total. The molecule has 0 aliphatic rings. The second kappa shape index (κ2) is 6.77. The molecule has 0 saturated heterocycles. The third-order valence-electron chi connectivity index (χ3n) is 2.45. The van der Waals surface area contributed by atoms with E-state index in [0.29, 0.717) is 5.75 Å². The number of ether oxygens (including phenoxy) is 2. The molecule has 108 valence electrons. The maximum Gasteiger partial charge on any atom is 0.411 e. The molecule has 0 atom stereocenters. The number of benzene rings is 1. The van der Waals surface area contributed by atoms with E-state index in [-0.39, 0.29) is 0 Å². The fraction of sp³-hybridized carbons (Fsp3) is 0.538. The molecule has 3 nitrogen and oxygen atoms in total. The summed E-state index contributed by atoms with van der Waals surface area (Å²) in [6.45, 7) is 2.72. The molecular weight excluding hydrogens is 259 g/mol. The van der Waals surface area contributed by atoms with Gasteiger partial charge in [-0.15, -0.1) is 0 Å². The van der Waals surface area contributed by atoms with Gasteiger partial charge in [-0.2, -0.15) is 13.2 Å². The predicted octanol–water partition coefficient (Wildman–Crippen LogP) is 2.94. The molecule has 0 saturated carbocycles. The van der Waals surface area contributed by atoms with Gasteiger partial charge in [-0.25, -0.2) is 0 Å². The Labute approximate surface area is 110 Å². The maximum atomic E-state index is 11.9. The first kappa shape index (κ1) is 15.8. The molecule has 0 spiro atoms. The molecule has 0 bridgehead atoms. The molecule has 0 fully saturated rings. The van der Waals surface area contributed by atoms with Crippen molar-refractivity contribution in [2.75, 3.05) is 20.4 Å². The molecule has 6 heteroatoms. The fourth-order valence-electron chi connectivity index (χ4n) is 1.83. The highest BCUT2D eigenvalue weighted by molar-refractivity contribution is 5.43. The van der Waals surface area contributed by atoms with Crippen molar-refractivity contribution in [3.05, 3.63) is 28.8 Å². The summed E-state index contributed by atoms with van der Waals surface area (Å²) in [5.41, 5.74) is 2.85. The van der Waals surface area contributed by atoms with E-state index in [2.05, 4.69) is 10.1 Å². The zero-order chi connectivity index (χ0) is 14.5. The summed E-state index contributed by atoms with van der Waals surface area (Å²) in [7, 11) is 1.85. The number of halogens is 3. The first-order valence-electron chi connectivity index (χ1n) is 5.85. The summed E-state index contributed by atoms with van der Waals surface area (Å²) in [6, 6.07) is 3.87. The van der Waals surface area contributed by atoms with Crippen LogP contribution in [-0.2, 0) is 11.3 Å². The fourth-order valence-corrected chi connectivity index (χ4v) is 1.83. The van der Waals surface area contributed by atoms with E-state index in [1.54, 1.807) is 0 Å². The third-order valence-corrected chi connectivity index (χ3v) is 2.45. The summed E-state index contributed by atoms with van der Waals surface area (Å²) in [5.74, 6) is 0.571. The smallest absolute Gasteiger partial charge is 0.411 e. The lowest BCUT2D eigenvalue weighted by molar-refractivity contribution is -0.186. The lowest BCUT2D eigenvalue weighted by atomic mass is 10.1. The van der Waals surface area contributed by atoms with Crippen LogP contribution in [0, 0.1) is 13.8 Å². The van der Waals surface area contributed by atoms with E-state index in [9.17, 15) is 13.2 Å². The number of aryl methyl sites for hydroxylation is 2. The third kappa shape index (κ3) is 5.48. The highest BCUT2D eigenvalue weighted by Crippen LogP contribution is 2.25. The number of hydrogen-bond acceptors (Lipinski definition) is 3. The minimum Gasteiger partial charge on any atom is -0.467 e. The van der Waals surface area contributed by atoms with Crippen molar-refractivity contribution in [1.82, 2.24) is 5.32 Å². The molecule has 1 rings (SSSR count). The van der Waals surface area contributed by atoms with E-state index in [1.807, 2.05) is 33.0 Å². The largest absolute Gasteiger partial charge is 0.467 e. The van der Waals surface area contributed by atoms with Gasteiger partial charge in [0, 0.05) is 6.54 Å². The predicted molar refractivity (Wildman–Crippen MR) is 66.2 cm³/mol. The van der Waals surface area contributed by atoms with Crippen molar-refractivity contribution in [3.63, 3.8) is 0 Å².